The van der Waals surface area contributed by atoms with E-state index in [0.717, 1.165) is 66.9 Å². The molecule has 0 saturated carbocycles. The van der Waals surface area contributed by atoms with Crippen molar-refractivity contribution in [3.8, 4) is 11.1 Å². The van der Waals surface area contributed by atoms with Crippen molar-refractivity contribution in [2.24, 2.45) is 0 Å². The van der Waals surface area contributed by atoms with Gasteiger partial charge in [-0.25, -0.2) is 8.78 Å². The number of amides is 2. The molecule has 0 aliphatic heterocycles. The summed E-state index contributed by atoms with van der Waals surface area (Å²) in [5, 5.41) is 5.44. The van der Waals surface area contributed by atoms with Crippen LogP contribution in [0, 0.1) is 0 Å². The molecule has 0 bridgehead atoms. The van der Waals surface area contributed by atoms with Crippen LogP contribution in [-0.4, -0.2) is 70.2 Å². The molecule has 2 aromatic rings. The number of fused-ring (bicyclic) bond motifs is 3. The Kier molecular flexibility index (Phi) is 20.6. The second kappa shape index (κ2) is 23.5. The van der Waals surface area contributed by atoms with Crippen molar-refractivity contribution in [3.05, 3.63) is 95.8 Å². The summed E-state index contributed by atoms with van der Waals surface area (Å²) >= 11 is 0. The van der Waals surface area contributed by atoms with Gasteiger partial charge in [0.1, 0.15) is 5.41 Å². The lowest BCUT2D eigenvalue weighted by atomic mass is 9.73. The molecule has 6 nitrogen and oxygen atoms in total. The van der Waals surface area contributed by atoms with E-state index in [1.807, 2.05) is 67.6 Å². The molecule has 47 heavy (non-hydrogen) atoms. The third kappa shape index (κ3) is 13.1. The molecule has 1 aliphatic carbocycles. The van der Waals surface area contributed by atoms with Gasteiger partial charge >= 0.3 is 0 Å². The van der Waals surface area contributed by atoms with Gasteiger partial charge in [-0.15, -0.1) is 0 Å². The summed E-state index contributed by atoms with van der Waals surface area (Å²) in [6, 6.07) is 15.6. The highest BCUT2D eigenvalue weighted by Crippen LogP contribution is 2.51. The van der Waals surface area contributed by atoms with Crippen LogP contribution in [0.25, 0.3) is 11.1 Å². The first-order valence-electron chi connectivity index (χ1n) is 16.4. The van der Waals surface area contributed by atoms with Crippen LogP contribution in [0.4, 0.5) is 13.2 Å². The highest BCUT2D eigenvalue weighted by Gasteiger charge is 2.48. The van der Waals surface area contributed by atoms with E-state index in [1.165, 1.54) is 12.5 Å². The Bertz CT molecular complexity index is 1250. The van der Waals surface area contributed by atoms with E-state index in [1.54, 1.807) is 19.3 Å². The summed E-state index contributed by atoms with van der Waals surface area (Å²) in [6.07, 6.45) is 10.2. The van der Waals surface area contributed by atoms with Crippen LogP contribution < -0.4 is 10.6 Å². The Labute approximate surface area is 280 Å². The van der Waals surface area contributed by atoms with Crippen LogP contribution in [0.1, 0.15) is 70.9 Å². The SMILES string of the molecule is CCC.CCN(CCCCC1(C(=O)NCC(F)F)c2ccccc2-c2ccccc21)CCCNC(=O)/C=C/C=C\C=C(/C)OC.CF. The zero-order valence-corrected chi connectivity index (χ0v) is 29.0. The molecule has 0 heterocycles. The van der Waals surface area contributed by atoms with E-state index in [0.29, 0.717) is 20.1 Å². The third-order valence-electron chi connectivity index (χ3n) is 7.66. The molecule has 0 spiro atoms. The second-order valence-electron chi connectivity index (χ2n) is 11.1. The first-order valence-corrected chi connectivity index (χ1v) is 16.4. The molecular weight excluding hydrogens is 603 g/mol. The molecule has 3 rings (SSSR count). The summed E-state index contributed by atoms with van der Waals surface area (Å²) in [6.45, 7) is 10.7. The zero-order chi connectivity index (χ0) is 35.1. The fourth-order valence-electron chi connectivity index (χ4n) is 5.47. The average Bonchev–Trinajstić information content (AvgIpc) is 3.37. The van der Waals surface area contributed by atoms with Crippen molar-refractivity contribution in [3.63, 3.8) is 0 Å². The molecule has 0 radical (unpaired) electrons. The minimum atomic E-state index is -2.61. The maximum absolute atomic E-state index is 13.6. The molecule has 0 saturated heterocycles. The molecule has 2 aromatic carbocycles. The zero-order valence-electron chi connectivity index (χ0n) is 29.0. The van der Waals surface area contributed by atoms with E-state index < -0.39 is 18.4 Å². The number of unbranched alkanes of at least 4 members (excludes halogenated alkanes) is 1. The van der Waals surface area contributed by atoms with Gasteiger partial charge in [0.15, 0.2) is 0 Å². The normalized spacial score (nSPS) is 13.0. The van der Waals surface area contributed by atoms with Crippen molar-refractivity contribution in [1.82, 2.24) is 15.5 Å². The van der Waals surface area contributed by atoms with Crippen LogP contribution in [0.2, 0.25) is 0 Å². The van der Waals surface area contributed by atoms with E-state index in [-0.39, 0.29) is 11.8 Å². The molecule has 9 heteroatoms. The van der Waals surface area contributed by atoms with Crippen molar-refractivity contribution in [2.45, 2.75) is 71.6 Å². The maximum atomic E-state index is 13.6. The number of carbonyl (C=O) groups is 2. The number of alkyl halides is 3. The lowest BCUT2D eigenvalue weighted by Crippen LogP contribution is -2.45. The van der Waals surface area contributed by atoms with Crippen molar-refractivity contribution >= 4 is 11.8 Å². The predicted octanol–water partition coefficient (Wildman–Crippen LogP) is 8.00. The number of hydrogen-bond donors (Lipinski definition) is 2. The fourth-order valence-corrected chi connectivity index (χ4v) is 5.47. The number of hydrogen-bond acceptors (Lipinski definition) is 4. The topological polar surface area (TPSA) is 70.7 Å². The van der Waals surface area contributed by atoms with Crippen molar-refractivity contribution in [2.75, 3.05) is 47.0 Å². The molecule has 260 valence electrons. The van der Waals surface area contributed by atoms with Crippen LogP contribution in [0.15, 0.2) is 84.7 Å². The molecule has 0 unspecified atom stereocenters. The minimum Gasteiger partial charge on any atom is -0.501 e. The molecular formula is C38H54F3N3O3. The number of benzene rings is 2. The number of allylic oxidation sites excluding steroid dienone is 5. The van der Waals surface area contributed by atoms with Gasteiger partial charge in [-0.3, -0.25) is 14.0 Å². The van der Waals surface area contributed by atoms with Crippen molar-refractivity contribution in [1.29, 1.82) is 0 Å². The predicted molar refractivity (Wildman–Crippen MR) is 187 cm³/mol. The van der Waals surface area contributed by atoms with Crippen LogP contribution in [0.3, 0.4) is 0 Å². The van der Waals surface area contributed by atoms with Gasteiger partial charge in [-0.2, -0.15) is 0 Å². The molecule has 1 aliphatic rings. The van der Waals surface area contributed by atoms with E-state index >= 15 is 0 Å². The largest absolute Gasteiger partial charge is 0.501 e. The molecule has 0 aromatic heterocycles. The molecule has 2 N–H and O–H groups in total. The maximum Gasteiger partial charge on any atom is 0.255 e. The van der Waals surface area contributed by atoms with Gasteiger partial charge in [0, 0.05) is 12.6 Å². The number of methoxy groups -OCH3 is 1. The number of ether oxygens (including phenoxy) is 1. The summed E-state index contributed by atoms with van der Waals surface area (Å²) in [4.78, 5) is 28.0. The third-order valence-corrected chi connectivity index (χ3v) is 7.66. The van der Waals surface area contributed by atoms with Crippen LogP contribution >= 0.6 is 0 Å². The van der Waals surface area contributed by atoms with Gasteiger partial charge in [-0.05, 0) is 74.2 Å². The van der Waals surface area contributed by atoms with Crippen molar-refractivity contribution < 1.29 is 27.5 Å². The number of halogens is 3. The average molecular weight is 658 g/mol. The Balaban J connectivity index is 0.00000208. The van der Waals surface area contributed by atoms with E-state index in [4.69, 9.17) is 4.74 Å². The van der Waals surface area contributed by atoms with Gasteiger partial charge in [0.2, 0.25) is 11.8 Å². The number of nitrogens with one attached hydrogen (secondary N) is 2. The van der Waals surface area contributed by atoms with Crippen LogP contribution in [-0.2, 0) is 19.7 Å². The Hall–Kier alpha value is -3.85. The first-order chi connectivity index (χ1) is 22.7. The fraction of sp³-hybridized carbons (Fsp3) is 0.474. The smallest absolute Gasteiger partial charge is 0.255 e. The summed E-state index contributed by atoms with van der Waals surface area (Å²) < 4.78 is 40.7. The van der Waals surface area contributed by atoms with E-state index in [2.05, 4.69) is 36.3 Å². The Morgan fingerprint density at radius 1 is 0.872 bits per heavy atom. The van der Waals surface area contributed by atoms with E-state index in [9.17, 15) is 22.8 Å². The van der Waals surface area contributed by atoms with Gasteiger partial charge < -0.3 is 20.3 Å². The summed E-state index contributed by atoms with van der Waals surface area (Å²) in [5.74, 6) is 0.283. The Morgan fingerprint density at radius 2 is 1.45 bits per heavy atom. The van der Waals surface area contributed by atoms with Gasteiger partial charge in [0.05, 0.1) is 26.6 Å². The Morgan fingerprint density at radius 3 is 2.00 bits per heavy atom. The lowest BCUT2D eigenvalue weighted by molar-refractivity contribution is -0.126. The van der Waals surface area contributed by atoms with Gasteiger partial charge in [0.25, 0.3) is 6.43 Å². The highest BCUT2D eigenvalue weighted by atomic mass is 19.3. The van der Waals surface area contributed by atoms with Gasteiger partial charge in [-0.1, -0.05) is 100 Å². The lowest BCUT2D eigenvalue weighted by Gasteiger charge is -2.31. The molecule has 2 amide bonds. The summed E-state index contributed by atoms with van der Waals surface area (Å²) in [7, 11) is 2.11. The molecule has 0 atom stereocenters. The summed E-state index contributed by atoms with van der Waals surface area (Å²) in [5.41, 5.74) is 2.74. The molecule has 0 fully saturated rings. The monoisotopic (exact) mass is 657 g/mol. The number of carbonyl (C=O) groups excluding carboxylic acids is 2. The standard InChI is InChI=1S/C34H43F2N3O3.C3H8.CH3F/c1-4-39(24-14-22-37-32(40)20-7-5-6-15-26(2)42-3)23-13-12-21-34(33(41)38-25-31(35)36)29-18-10-8-16-27(29)28-17-9-11-19-30(28)34;1-3-2;1-2/h5-11,15-20,31H,4,12-14,21-25H2,1-3H3,(H,37,40)(H,38,41);3H2,1-2H3;1H3/b6-5-,20-7+,26-15+;;. The number of rotatable bonds is 17. The minimum absolute atomic E-state index is 0.136. The number of nitrogens with zero attached hydrogens (tertiary/aromatic N) is 1. The second-order valence-corrected chi connectivity index (χ2v) is 11.1. The van der Waals surface area contributed by atoms with Crippen LogP contribution in [0.5, 0.6) is 0 Å². The highest BCUT2D eigenvalue weighted by molar-refractivity contribution is 6.00. The first kappa shape index (κ1) is 41.2. The quantitative estimate of drug-likeness (QED) is 0.0783.